The second-order valence-electron chi connectivity index (χ2n) is 9.23. The van der Waals surface area contributed by atoms with Crippen molar-refractivity contribution in [2.45, 2.75) is 110 Å². The standard InChI is InChI=1S/C27H45FO2/c1-3-5-7-8-10-20-30-27-19-18-25(22-26(27)28)29-21-11-13-24-16-14-23(15-17-24)12-9-6-4-2/h18-19,22-24H,3-17,20-21H2,1-2H3/t23-,24-. The van der Waals surface area contributed by atoms with Crippen molar-refractivity contribution in [2.75, 3.05) is 13.2 Å². The number of unbranched alkanes of at least 4 members (excludes halogenated alkanes) is 6. The van der Waals surface area contributed by atoms with Gasteiger partial charge in [0.2, 0.25) is 0 Å². The van der Waals surface area contributed by atoms with Crippen molar-refractivity contribution in [3.05, 3.63) is 24.0 Å². The molecule has 0 amide bonds. The van der Waals surface area contributed by atoms with E-state index in [9.17, 15) is 4.39 Å². The van der Waals surface area contributed by atoms with Crippen LogP contribution in [-0.4, -0.2) is 13.2 Å². The Balaban J connectivity index is 1.55. The smallest absolute Gasteiger partial charge is 0.168 e. The van der Waals surface area contributed by atoms with E-state index >= 15 is 0 Å². The van der Waals surface area contributed by atoms with Gasteiger partial charge in [0.1, 0.15) is 5.75 Å². The number of halogens is 1. The normalized spacial score (nSPS) is 19.0. The molecule has 0 N–H and O–H groups in total. The monoisotopic (exact) mass is 420 g/mol. The van der Waals surface area contributed by atoms with Crippen molar-refractivity contribution in [3.8, 4) is 11.5 Å². The molecule has 1 aliphatic carbocycles. The highest BCUT2D eigenvalue weighted by Gasteiger charge is 2.20. The Labute approximate surface area is 184 Å². The molecule has 1 aromatic rings. The first kappa shape index (κ1) is 25.0. The molecule has 1 aromatic carbocycles. The fourth-order valence-corrected chi connectivity index (χ4v) is 4.63. The molecule has 2 nitrogen and oxygen atoms in total. The lowest BCUT2D eigenvalue weighted by atomic mass is 9.78. The number of rotatable bonds is 16. The van der Waals surface area contributed by atoms with Gasteiger partial charge in [0.15, 0.2) is 11.6 Å². The van der Waals surface area contributed by atoms with Crippen LogP contribution in [0.5, 0.6) is 11.5 Å². The number of ether oxygens (including phenoxy) is 2. The highest BCUT2D eigenvalue weighted by atomic mass is 19.1. The molecule has 0 unspecified atom stereocenters. The first-order chi connectivity index (χ1) is 14.7. The van der Waals surface area contributed by atoms with E-state index < -0.39 is 0 Å². The molecule has 2 rings (SSSR count). The van der Waals surface area contributed by atoms with Crippen LogP contribution in [0.15, 0.2) is 18.2 Å². The second-order valence-corrected chi connectivity index (χ2v) is 9.23. The summed E-state index contributed by atoms with van der Waals surface area (Å²) in [5, 5.41) is 0. The molecule has 0 aliphatic heterocycles. The molecule has 1 aliphatic rings. The summed E-state index contributed by atoms with van der Waals surface area (Å²) in [4.78, 5) is 0. The molecular formula is C27H45FO2. The van der Waals surface area contributed by atoms with Gasteiger partial charge in [-0.3, -0.25) is 0 Å². The molecule has 172 valence electrons. The molecule has 0 atom stereocenters. The van der Waals surface area contributed by atoms with Gasteiger partial charge in [-0.2, -0.15) is 0 Å². The minimum atomic E-state index is -0.317. The topological polar surface area (TPSA) is 18.5 Å². The van der Waals surface area contributed by atoms with Crippen LogP contribution in [0.2, 0.25) is 0 Å². The maximum Gasteiger partial charge on any atom is 0.168 e. The summed E-state index contributed by atoms with van der Waals surface area (Å²) in [6, 6.07) is 5.00. The zero-order valence-corrected chi connectivity index (χ0v) is 19.6. The third-order valence-corrected chi connectivity index (χ3v) is 6.62. The summed E-state index contributed by atoms with van der Waals surface area (Å²) in [6.45, 7) is 5.75. The van der Waals surface area contributed by atoms with Crippen LogP contribution < -0.4 is 9.47 Å². The fraction of sp³-hybridized carbons (Fsp3) is 0.778. The van der Waals surface area contributed by atoms with E-state index in [0.717, 1.165) is 31.1 Å². The zero-order valence-electron chi connectivity index (χ0n) is 19.6. The first-order valence-corrected chi connectivity index (χ1v) is 12.8. The van der Waals surface area contributed by atoms with E-state index in [1.165, 1.54) is 83.1 Å². The zero-order chi connectivity index (χ0) is 21.4. The third kappa shape index (κ3) is 10.2. The average Bonchev–Trinajstić information content (AvgIpc) is 2.76. The summed E-state index contributed by atoms with van der Waals surface area (Å²) in [5.41, 5.74) is 0. The Morgan fingerprint density at radius 1 is 0.733 bits per heavy atom. The molecule has 30 heavy (non-hydrogen) atoms. The van der Waals surface area contributed by atoms with Crippen molar-refractivity contribution >= 4 is 0 Å². The van der Waals surface area contributed by atoms with Crippen molar-refractivity contribution in [2.24, 2.45) is 11.8 Å². The van der Waals surface area contributed by atoms with Crippen LogP contribution in [0.1, 0.15) is 110 Å². The summed E-state index contributed by atoms with van der Waals surface area (Å²) in [6.07, 6.45) is 19.3. The molecule has 1 fully saturated rings. The van der Waals surface area contributed by atoms with Crippen LogP contribution in [0, 0.1) is 17.7 Å². The third-order valence-electron chi connectivity index (χ3n) is 6.62. The molecule has 0 aromatic heterocycles. The summed E-state index contributed by atoms with van der Waals surface area (Å²) >= 11 is 0. The van der Waals surface area contributed by atoms with Crippen LogP contribution in [-0.2, 0) is 0 Å². The van der Waals surface area contributed by atoms with Gasteiger partial charge < -0.3 is 9.47 Å². The Kier molecular flexibility index (Phi) is 13.0. The van der Waals surface area contributed by atoms with Gasteiger partial charge in [0.05, 0.1) is 13.2 Å². The van der Waals surface area contributed by atoms with Crippen molar-refractivity contribution in [3.63, 3.8) is 0 Å². The van der Waals surface area contributed by atoms with Gasteiger partial charge in [0.25, 0.3) is 0 Å². The van der Waals surface area contributed by atoms with Crippen molar-refractivity contribution < 1.29 is 13.9 Å². The molecule has 0 radical (unpaired) electrons. The molecule has 0 bridgehead atoms. The average molecular weight is 421 g/mol. The van der Waals surface area contributed by atoms with E-state index in [0.29, 0.717) is 24.7 Å². The lowest BCUT2D eigenvalue weighted by molar-refractivity contribution is 0.227. The van der Waals surface area contributed by atoms with Crippen LogP contribution in [0.3, 0.4) is 0 Å². The van der Waals surface area contributed by atoms with E-state index in [1.807, 2.05) is 6.07 Å². The maximum atomic E-state index is 14.2. The summed E-state index contributed by atoms with van der Waals surface area (Å²) in [5.74, 6) is 2.48. The van der Waals surface area contributed by atoms with Gasteiger partial charge in [0, 0.05) is 6.07 Å². The van der Waals surface area contributed by atoms with Gasteiger partial charge in [-0.15, -0.1) is 0 Å². The van der Waals surface area contributed by atoms with Crippen LogP contribution in [0.4, 0.5) is 4.39 Å². The van der Waals surface area contributed by atoms with Gasteiger partial charge in [-0.25, -0.2) is 4.39 Å². The van der Waals surface area contributed by atoms with Crippen LogP contribution in [0.25, 0.3) is 0 Å². The first-order valence-electron chi connectivity index (χ1n) is 12.8. The van der Waals surface area contributed by atoms with Crippen LogP contribution >= 0.6 is 0 Å². The molecule has 1 saturated carbocycles. The quantitative estimate of drug-likeness (QED) is 0.249. The minimum Gasteiger partial charge on any atom is -0.493 e. The fourth-order valence-electron chi connectivity index (χ4n) is 4.63. The van der Waals surface area contributed by atoms with Gasteiger partial charge in [-0.05, 0) is 43.2 Å². The Morgan fingerprint density at radius 3 is 2.00 bits per heavy atom. The molecular weight excluding hydrogens is 375 g/mol. The summed E-state index contributed by atoms with van der Waals surface area (Å²) < 4.78 is 25.6. The lowest BCUT2D eigenvalue weighted by Crippen LogP contribution is -2.15. The molecule has 0 saturated heterocycles. The van der Waals surface area contributed by atoms with Crippen molar-refractivity contribution in [1.82, 2.24) is 0 Å². The Morgan fingerprint density at radius 2 is 1.33 bits per heavy atom. The number of hydrogen-bond acceptors (Lipinski definition) is 2. The van der Waals surface area contributed by atoms with E-state index in [1.54, 1.807) is 6.07 Å². The van der Waals surface area contributed by atoms with E-state index in [2.05, 4.69) is 13.8 Å². The second kappa shape index (κ2) is 15.5. The molecule has 0 heterocycles. The largest absolute Gasteiger partial charge is 0.493 e. The predicted octanol–water partition coefficient (Wildman–Crippen LogP) is 8.72. The lowest BCUT2D eigenvalue weighted by Gasteiger charge is -2.28. The van der Waals surface area contributed by atoms with E-state index in [-0.39, 0.29) is 5.82 Å². The SMILES string of the molecule is CCCCCCCOc1ccc(OCCC[C@H]2CC[C@H](CCCCC)CC2)cc1F. The maximum absolute atomic E-state index is 14.2. The van der Waals surface area contributed by atoms with Crippen molar-refractivity contribution in [1.29, 1.82) is 0 Å². The highest BCUT2D eigenvalue weighted by molar-refractivity contribution is 5.33. The summed E-state index contributed by atoms with van der Waals surface area (Å²) in [7, 11) is 0. The predicted molar refractivity (Wildman–Crippen MR) is 125 cm³/mol. The Bertz CT molecular complexity index is 552. The van der Waals surface area contributed by atoms with Gasteiger partial charge >= 0.3 is 0 Å². The number of benzene rings is 1. The highest BCUT2D eigenvalue weighted by Crippen LogP contribution is 2.34. The minimum absolute atomic E-state index is 0.317. The Hall–Kier alpha value is -1.25. The van der Waals surface area contributed by atoms with Gasteiger partial charge in [-0.1, -0.05) is 90.9 Å². The number of hydrogen-bond donors (Lipinski definition) is 0. The van der Waals surface area contributed by atoms with E-state index in [4.69, 9.17) is 9.47 Å². The molecule has 3 heteroatoms. The molecule has 0 spiro atoms.